The van der Waals surface area contributed by atoms with Gasteiger partial charge in [0.25, 0.3) is 0 Å². The van der Waals surface area contributed by atoms with Crippen molar-refractivity contribution < 1.29 is 4.79 Å². The molecule has 1 rings (SSSR count). The first kappa shape index (κ1) is 19.4. The lowest BCUT2D eigenvalue weighted by atomic mass is 9.72. The van der Waals surface area contributed by atoms with E-state index >= 15 is 0 Å². The molecule has 1 aromatic carbocycles. The van der Waals surface area contributed by atoms with E-state index in [1.54, 1.807) is 6.92 Å². The van der Waals surface area contributed by atoms with Crippen molar-refractivity contribution in [3.8, 4) is 0 Å². The summed E-state index contributed by atoms with van der Waals surface area (Å²) in [5.74, 6) is 0.130. The molecule has 0 spiro atoms. The van der Waals surface area contributed by atoms with Crippen LogP contribution in [0.1, 0.15) is 68.0 Å². The van der Waals surface area contributed by atoms with Gasteiger partial charge in [-0.3, -0.25) is 4.79 Å². The number of Topliss-reactive ketones (excluding diaryl/α,β-unsaturated/α-hetero) is 1. The van der Waals surface area contributed by atoms with Gasteiger partial charge in [-0.1, -0.05) is 26.0 Å². The highest BCUT2D eigenvalue weighted by Crippen LogP contribution is 2.41. The highest BCUT2D eigenvalue weighted by Gasteiger charge is 2.30. The van der Waals surface area contributed by atoms with Gasteiger partial charge in [-0.05, 0) is 94.3 Å². The van der Waals surface area contributed by atoms with Crippen molar-refractivity contribution in [1.82, 2.24) is 0 Å². The molecule has 23 heavy (non-hydrogen) atoms. The lowest BCUT2D eigenvalue weighted by Gasteiger charge is -2.31. The largest absolute Gasteiger partial charge is 0.295 e. The van der Waals surface area contributed by atoms with Crippen LogP contribution in [0.4, 0.5) is 0 Å². The first-order valence-corrected chi connectivity index (χ1v) is 8.31. The minimum absolute atomic E-state index is 0.130. The number of allylic oxidation sites excluding steroid dienone is 3. The van der Waals surface area contributed by atoms with Gasteiger partial charge in [0.1, 0.15) is 0 Å². The standard InChI is InChI=1S/C22H32O/c1-12(2)22(10,11)21(19(9)23)18(8)20-16(6)14(4)13(3)15(5)17(20)7/h1H2,2-11H3. The highest BCUT2D eigenvalue weighted by atomic mass is 16.1. The molecule has 0 saturated heterocycles. The van der Waals surface area contributed by atoms with Crippen LogP contribution in [0.5, 0.6) is 0 Å². The quantitative estimate of drug-likeness (QED) is 0.478. The van der Waals surface area contributed by atoms with E-state index in [2.05, 4.69) is 62.0 Å². The normalized spacial score (nSPS) is 13.0. The van der Waals surface area contributed by atoms with Crippen LogP contribution in [0.2, 0.25) is 0 Å². The van der Waals surface area contributed by atoms with Gasteiger partial charge in [0.05, 0.1) is 0 Å². The highest BCUT2D eigenvalue weighted by molar-refractivity contribution is 6.03. The zero-order valence-corrected chi connectivity index (χ0v) is 16.6. The predicted octanol–water partition coefficient (Wildman–Crippen LogP) is 6.19. The fraction of sp³-hybridized carbons (Fsp3) is 0.500. The lowest BCUT2D eigenvalue weighted by Crippen LogP contribution is -2.22. The summed E-state index contributed by atoms with van der Waals surface area (Å²) in [5, 5.41) is 0. The van der Waals surface area contributed by atoms with Crippen LogP contribution < -0.4 is 0 Å². The van der Waals surface area contributed by atoms with Crippen LogP contribution in [0, 0.1) is 40.0 Å². The zero-order chi connectivity index (χ0) is 18.3. The predicted molar refractivity (Wildman–Crippen MR) is 102 cm³/mol. The Balaban J connectivity index is 3.94. The Morgan fingerprint density at radius 1 is 0.783 bits per heavy atom. The molecule has 0 radical (unpaired) electrons. The summed E-state index contributed by atoms with van der Waals surface area (Å²) < 4.78 is 0. The monoisotopic (exact) mass is 312 g/mol. The SMILES string of the molecule is C=C(C)C(C)(C)C(C(C)=O)=C(C)c1c(C)c(C)c(C)c(C)c1C. The smallest absolute Gasteiger partial charge is 0.156 e. The Labute approximate surface area is 142 Å². The van der Waals surface area contributed by atoms with E-state index in [1.807, 2.05) is 6.92 Å². The van der Waals surface area contributed by atoms with Gasteiger partial charge < -0.3 is 0 Å². The summed E-state index contributed by atoms with van der Waals surface area (Å²) in [5.41, 5.74) is 10.4. The second-order valence-electron chi connectivity index (χ2n) is 7.46. The van der Waals surface area contributed by atoms with Gasteiger partial charge in [0.15, 0.2) is 5.78 Å². The molecule has 0 bridgehead atoms. The minimum atomic E-state index is -0.332. The number of carbonyl (C=O) groups is 1. The first-order chi connectivity index (χ1) is 10.4. The van der Waals surface area contributed by atoms with E-state index in [4.69, 9.17) is 0 Å². The Morgan fingerprint density at radius 2 is 1.13 bits per heavy atom. The number of carbonyl (C=O) groups excluding carboxylic acids is 1. The van der Waals surface area contributed by atoms with Crippen molar-refractivity contribution >= 4 is 11.4 Å². The van der Waals surface area contributed by atoms with E-state index in [-0.39, 0.29) is 11.2 Å². The van der Waals surface area contributed by atoms with Crippen molar-refractivity contribution in [3.63, 3.8) is 0 Å². The first-order valence-electron chi connectivity index (χ1n) is 8.31. The number of hydrogen-bond donors (Lipinski definition) is 0. The van der Waals surface area contributed by atoms with Crippen molar-refractivity contribution in [2.45, 2.75) is 69.2 Å². The average molecular weight is 312 g/mol. The van der Waals surface area contributed by atoms with E-state index < -0.39 is 0 Å². The van der Waals surface area contributed by atoms with Gasteiger partial charge in [-0.15, -0.1) is 0 Å². The summed E-state index contributed by atoms with van der Waals surface area (Å²) in [7, 11) is 0. The molecule has 0 heterocycles. The zero-order valence-electron chi connectivity index (χ0n) is 16.6. The molecule has 0 amide bonds. The van der Waals surface area contributed by atoms with Crippen LogP contribution in [0.15, 0.2) is 17.7 Å². The van der Waals surface area contributed by atoms with Crippen LogP contribution in [0.3, 0.4) is 0 Å². The summed E-state index contributed by atoms with van der Waals surface area (Å²) in [4.78, 5) is 12.5. The molecular formula is C22H32O. The maximum absolute atomic E-state index is 12.5. The number of ketones is 1. The fourth-order valence-electron chi connectivity index (χ4n) is 3.57. The second kappa shape index (κ2) is 6.47. The summed E-state index contributed by atoms with van der Waals surface area (Å²) in [6.45, 7) is 24.9. The molecule has 0 fully saturated rings. The summed E-state index contributed by atoms with van der Waals surface area (Å²) in [6, 6.07) is 0. The van der Waals surface area contributed by atoms with Crippen molar-refractivity contribution in [2.75, 3.05) is 0 Å². The molecule has 0 N–H and O–H groups in total. The van der Waals surface area contributed by atoms with Crippen LogP contribution in [0.25, 0.3) is 5.57 Å². The van der Waals surface area contributed by atoms with E-state index in [9.17, 15) is 4.79 Å². The van der Waals surface area contributed by atoms with Crippen molar-refractivity contribution in [2.24, 2.45) is 5.41 Å². The molecule has 0 aliphatic heterocycles. The Hall–Kier alpha value is -1.63. The lowest BCUT2D eigenvalue weighted by molar-refractivity contribution is -0.114. The third-order valence-electron chi connectivity index (χ3n) is 5.79. The molecule has 0 atom stereocenters. The van der Waals surface area contributed by atoms with E-state index in [0.29, 0.717) is 0 Å². The summed E-state index contributed by atoms with van der Waals surface area (Å²) >= 11 is 0. The molecule has 0 aromatic heterocycles. The molecule has 126 valence electrons. The van der Waals surface area contributed by atoms with Gasteiger partial charge >= 0.3 is 0 Å². The second-order valence-corrected chi connectivity index (χ2v) is 7.46. The molecule has 1 nitrogen and oxygen atoms in total. The fourth-order valence-corrected chi connectivity index (χ4v) is 3.57. The number of hydrogen-bond acceptors (Lipinski definition) is 1. The van der Waals surface area contributed by atoms with Gasteiger partial charge in [0, 0.05) is 11.0 Å². The van der Waals surface area contributed by atoms with Crippen LogP contribution >= 0.6 is 0 Å². The Bertz CT molecular complexity index is 683. The van der Waals surface area contributed by atoms with Gasteiger partial charge in [0.2, 0.25) is 0 Å². The Morgan fingerprint density at radius 3 is 1.43 bits per heavy atom. The Kier molecular flexibility index (Phi) is 5.46. The minimum Gasteiger partial charge on any atom is -0.295 e. The molecule has 0 unspecified atom stereocenters. The molecule has 0 saturated carbocycles. The molecule has 1 heteroatoms. The molecular weight excluding hydrogens is 280 g/mol. The number of benzene rings is 1. The summed E-state index contributed by atoms with van der Waals surface area (Å²) in [6.07, 6.45) is 0. The topological polar surface area (TPSA) is 17.1 Å². The van der Waals surface area contributed by atoms with E-state index in [1.165, 1.54) is 33.4 Å². The van der Waals surface area contributed by atoms with Crippen molar-refractivity contribution in [3.05, 3.63) is 51.1 Å². The average Bonchev–Trinajstić information content (AvgIpc) is 2.42. The molecule has 1 aromatic rings. The van der Waals surface area contributed by atoms with Crippen molar-refractivity contribution in [1.29, 1.82) is 0 Å². The van der Waals surface area contributed by atoms with Gasteiger partial charge in [-0.25, -0.2) is 0 Å². The third-order valence-corrected chi connectivity index (χ3v) is 5.79. The third kappa shape index (κ3) is 3.20. The van der Waals surface area contributed by atoms with Crippen LogP contribution in [-0.2, 0) is 4.79 Å². The van der Waals surface area contributed by atoms with Gasteiger partial charge in [-0.2, -0.15) is 0 Å². The van der Waals surface area contributed by atoms with E-state index in [0.717, 1.165) is 16.7 Å². The van der Waals surface area contributed by atoms with Crippen LogP contribution in [-0.4, -0.2) is 5.78 Å². The molecule has 0 aliphatic carbocycles. The number of rotatable bonds is 4. The molecule has 0 aliphatic rings. The maximum atomic E-state index is 12.5. The maximum Gasteiger partial charge on any atom is 0.156 e.